The van der Waals surface area contributed by atoms with Crippen LogP contribution >= 0.6 is 0 Å². The lowest BCUT2D eigenvalue weighted by atomic mass is 10.00. The number of nitrogen functional groups attached to an aromatic ring is 1. The predicted octanol–water partition coefficient (Wildman–Crippen LogP) is 2.23. The first kappa shape index (κ1) is 18.2. The fourth-order valence-electron chi connectivity index (χ4n) is 2.74. The van der Waals surface area contributed by atoms with Crippen molar-refractivity contribution in [2.45, 2.75) is 13.3 Å². The number of rotatable bonds is 6. The van der Waals surface area contributed by atoms with Crippen LogP contribution in [0.25, 0.3) is 22.0 Å². The molecule has 0 radical (unpaired) electrons. The number of amides is 1. The number of aromatic nitrogens is 3. The van der Waals surface area contributed by atoms with Crippen molar-refractivity contribution in [2.75, 3.05) is 19.4 Å². The number of pyridine rings is 1. The predicted molar refractivity (Wildman–Crippen MR) is 102 cm³/mol. The van der Waals surface area contributed by atoms with Crippen LogP contribution in [0.4, 0.5) is 5.69 Å². The monoisotopic (exact) mass is 365 g/mol. The number of carbonyl (C=O) groups excluding carboxylic acids is 2. The van der Waals surface area contributed by atoms with Crippen LogP contribution in [-0.4, -0.2) is 41.0 Å². The summed E-state index contributed by atoms with van der Waals surface area (Å²) in [6, 6.07) is 8.72. The highest BCUT2D eigenvalue weighted by atomic mass is 16.5. The van der Waals surface area contributed by atoms with Gasteiger partial charge in [-0.2, -0.15) is 0 Å². The Morgan fingerprint density at radius 2 is 2.04 bits per heavy atom. The molecule has 27 heavy (non-hydrogen) atoms. The van der Waals surface area contributed by atoms with E-state index < -0.39 is 0 Å². The van der Waals surface area contributed by atoms with Crippen LogP contribution in [0.5, 0.6) is 5.88 Å². The molecule has 0 unspecified atom stereocenters. The van der Waals surface area contributed by atoms with Crippen molar-refractivity contribution in [1.82, 2.24) is 20.5 Å². The maximum absolute atomic E-state index is 12.2. The standard InChI is InChI=1S/C19H19N5O3/c1-3-9-21-19(26)18-16(20)13-6-4-5-12(17(13)23-24-18)11-7-8-15(27-2)22-14(11)10-25/h4-8,10H,3,9H2,1-2H3,(H2,20,23)(H,21,26). The van der Waals surface area contributed by atoms with Crippen molar-refractivity contribution in [1.29, 1.82) is 0 Å². The highest BCUT2D eigenvalue weighted by Crippen LogP contribution is 2.32. The highest BCUT2D eigenvalue weighted by molar-refractivity contribution is 6.08. The second-order valence-corrected chi connectivity index (χ2v) is 5.82. The zero-order chi connectivity index (χ0) is 19.4. The third kappa shape index (κ3) is 3.41. The Hall–Kier alpha value is -3.55. The zero-order valence-electron chi connectivity index (χ0n) is 15.0. The first-order valence-corrected chi connectivity index (χ1v) is 8.44. The van der Waals surface area contributed by atoms with Gasteiger partial charge in [0.05, 0.1) is 12.8 Å². The molecule has 3 rings (SSSR count). The van der Waals surface area contributed by atoms with Gasteiger partial charge in [0.2, 0.25) is 5.88 Å². The van der Waals surface area contributed by atoms with Gasteiger partial charge >= 0.3 is 0 Å². The lowest BCUT2D eigenvalue weighted by molar-refractivity contribution is 0.0948. The van der Waals surface area contributed by atoms with Crippen LogP contribution in [0.1, 0.15) is 34.3 Å². The Labute approximate surface area is 155 Å². The summed E-state index contributed by atoms with van der Waals surface area (Å²) < 4.78 is 5.07. The van der Waals surface area contributed by atoms with Crippen molar-refractivity contribution in [2.24, 2.45) is 0 Å². The van der Waals surface area contributed by atoms with Gasteiger partial charge in [-0.15, -0.1) is 10.2 Å². The van der Waals surface area contributed by atoms with E-state index in [9.17, 15) is 9.59 Å². The van der Waals surface area contributed by atoms with E-state index in [-0.39, 0.29) is 23.0 Å². The van der Waals surface area contributed by atoms with E-state index >= 15 is 0 Å². The van der Waals surface area contributed by atoms with Gasteiger partial charge in [0.25, 0.3) is 5.91 Å². The average Bonchev–Trinajstić information content (AvgIpc) is 2.71. The molecule has 0 bridgehead atoms. The molecule has 8 nitrogen and oxygen atoms in total. The fraction of sp³-hybridized carbons (Fsp3) is 0.211. The Bertz CT molecular complexity index is 1020. The minimum absolute atomic E-state index is 0.0802. The normalized spacial score (nSPS) is 10.6. The van der Waals surface area contributed by atoms with E-state index in [0.717, 1.165) is 6.42 Å². The molecule has 0 saturated carbocycles. The quantitative estimate of drug-likeness (QED) is 0.643. The Balaban J connectivity index is 2.16. The molecule has 3 N–H and O–H groups in total. The first-order chi connectivity index (χ1) is 13.1. The number of hydrogen-bond acceptors (Lipinski definition) is 7. The van der Waals surface area contributed by atoms with Crippen LogP contribution in [0.2, 0.25) is 0 Å². The number of methoxy groups -OCH3 is 1. The molecule has 0 aliphatic heterocycles. The number of anilines is 1. The molecule has 3 aromatic rings. The summed E-state index contributed by atoms with van der Waals surface area (Å²) >= 11 is 0. The summed E-state index contributed by atoms with van der Waals surface area (Å²) in [6.45, 7) is 2.48. The van der Waals surface area contributed by atoms with E-state index in [0.29, 0.717) is 40.7 Å². The Kier molecular flexibility index (Phi) is 5.25. The molecular weight excluding hydrogens is 346 g/mol. The lowest BCUT2D eigenvalue weighted by Gasteiger charge is -2.12. The summed E-state index contributed by atoms with van der Waals surface area (Å²) in [7, 11) is 1.48. The van der Waals surface area contributed by atoms with Crippen molar-refractivity contribution in [3.8, 4) is 17.0 Å². The van der Waals surface area contributed by atoms with Gasteiger partial charge in [-0.1, -0.05) is 25.1 Å². The van der Waals surface area contributed by atoms with Crippen LogP contribution in [0.15, 0.2) is 30.3 Å². The number of benzene rings is 1. The SMILES string of the molecule is CCCNC(=O)c1nnc2c(-c3ccc(OC)nc3C=O)cccc2c1N. The minimum Gasteiger partial charge on any atom is -0.481 e. The molecule has 0 atom stereocenters. The summed E-state index contributed by atoms with van der Waals surface area (Å²) in [5.41, 5.74) is 8.43. The van der Waals surface area contributed by atoms with Gasteiger partial charge in [0, 0.05) is 29.1 Å². The number of aldehydes is 1. The number of nitrogens with two attached hydrogens (primary N) is 1. The molecule has 0 aliphatic rings. The molecule has 0 fully saturated rings. The van der Waals surface area contributed by atoms with Crippen molar-refractivity contribution in [3.05, 3.63) is 41.7 Å². The number of nitrogens with zero attached hydrogens (tertiary/aromatic N) is 3. The van der Waals surface area contributed by atoms with Gasteiger partial charge in [0.15, 0.2) is 12.0 Å². The smallest absolute Gasteiger partial charge is 0.273 e. The van der Waals surface area contributed by atoms with Gasteiger partial charge in [-0.25, -0.2) is 4.98 Å². The Morgan fingerprint density at radius 3 is 2.74 bits per heavy atom. The molecule has 138 valence electrons. The second-order valence-electron chi connectivity index (χ2n) is 5.82. The van der Waals surface area contributed by atoms with Crippen LogP contribution in [0.3, 0.4) is 0 Å². The van der Waals surface area contributed by atoms with E-state index in [1.807, 2.05) is 6.92 Å². The van der Waals surface area contributed by atoms with Crippen LogP contribution in [0, 0.1) is 0 Å². The third-order valence-electron chi connectivity index (χ3n) is 4.09. The average molecular weight is 365 g/mol. The number of hydrogen-bond donors (Lipinski definition) is 2. The number of ether oxygens (including phenoxy) is 1. The zero-order valence-corrected chi connectivity index (χ0v) is 15.0. The molecule has 2 aromatic heterocycles. The number of carbonyl (C=O) groups is 2. The van der Waals surface area contributed by atoms with E-state index in [1.54, 1.807) is 30.3 Å². The summed E-state index contributed by atoms with van der Waals surface area (Å²) in [5.74, 6) is -0.0320. The molecule has 8 heteroatoms. The van der Waals surface area contributed by atoms with Gasteiger partial charge in [-0.3, -0.25) is 9.59 Å². The molecular formula is C19H19N5O3. The van der Waals surface area contributed by atoms with Crippen molar-refractivity contribution in [3.63, 3.8) is 0 Å². The molecule has 0 saturated heterocycles. The topological polar surface area (TPSA) is 120 Å². The summed E-state index contributed by atoms with van der Waals surface area (Å²) in [5, 5.41) is 11.5. The molecule has 0 spiro atoms. The van der Waals surface area contributed by atoms with E-state index in [4.69, 9.17) is 10.5 Å². The lowest BCUT2D eigenvalue weighted by Crippen LogP contribution is -2.26. The number of nitrogens with one attached hydrogen (secondary N) is 1. The molecule has 1 amide bonds. The van der Waals surface area contributed by atoms with Gasteiger partial charge in [-0.05, 0) is 12.5 Å². The molecule has 2 heterocycles. The second kappa shape index (κ2) is 7.77. The molecule has 0 aliphatic carbocycles. The summed E-state index contributed by atoms with van der Waals surface area (Å²) in [6.07, 6.45) is 1.45. The largest absolute Gasteiger partial charge is 0.481 e. The van der Waals surface area contributed by atoms with Crippen LogP contribution < -0.4 is 15.8 Å². The van der Waals surface area contributed by atoms with Gasteiger partial charge in [0.1, 0.15) is 11.2 Å². The third-order valence-corrected chi connectivity index (χ3v) is 4.09. The summed E-state index contributed by atoms with van der Waals surface area (Å²) in [4.78, 5) is 27.9. The number of fused-ring (bicyclic) bond motifs is 1. The van der Waals surface area contributed by atoms with Crippen LogP contribution in [-0.2, 0) is 0 Å². The molecule has 1 aromatic carbocycles. The van der Waals surface area contributed by atoms with E-state index in [2.05, 4.69) is 20.5 Å². The maximum atomic E-state index is 12.2. The highest BCUT2D eigenvalue weighted by Gasteiger charge is 2.18. The van der Waals surface area contributed by atoms with Crippen molar-refractivity contribution >= 4 is 28.8 Å². The maximum Gasteiger partial charge on any atom is 0.273 e. The van der Waals surface area contributed by atoms with E-state index in [1.165, 1.54) is 7.11 Å². The minimum atomic E-state index is -0.367. The fourth-order valence-corrected chi connectivity index (χ4v) is 2.74. The first-order valence-electron chi connectivity index (χ1n) is 8.44. The van der Waals surface area contributed by atoms with Gasteiger partial charge < -0.3 is 15.8 Å². The Morgan fingerprint density at radius 1 is 1.22 bits per heavy atom. The van der Waals surface area contributed by atoms with Crippen molar-refractivity contribution < 1.29 is 14.3 Å².